The van der Waals surface area contributed by atoms with Crippen molar-refractivity contribution < 1.29 is 32.3 Å². The highest BCUT2D eigenvalue weighted by Gasteiger charge is 2.36. The molecule has 1 aromatic rings. The Kier molecular flexibility index (Phi) is 6.08. The number of anilines is 2. The number of halogens is 3. The minimum absolute atomic E-state index is 0.0435. The molecule has 1 aliphatic heterocycles. The summed E-state index contributed by atoms with van der Waals surface area (Å²) in [6, 6.07) is 1.69. The molecule has 158 valence electrons. The summed E-state index contributed by atoms with van der Waals surface area (Å²) in [7, 11) is 0. The van der Waals surface area contributed by atoms with Crippen LogP contribution in [0.1, 0.15) is 18.4 Å². The van der Waals surface area contributed by atoms with E-state index >= 15 is 0 Å². The molecule has 4 N–H and O–H groups in total. The van der Waals surface area contributed by atoms with Gasteiger partial charge in [0, 0.05) is 12.2 Å². The smallest absolute Gasteiger partial charge is 0.370 e. The van der Waals surface area contributed by atoms with Crippen molar-refractivity contribution in [2.45, 2.75) is 25.1 Å². The van der Waals surface area contributed by atoms with Gasteiger partial charge in [-0.1, -0.05) is 0 Å². The van der Waals surface area contributed by atoms with Crippen LogP contribution in [0.2, 0.25) is 0 Å². The van der Waals surface area contributed by atoms with Crippen LogP contribution in [0, 0.1) is 5.92 Å². The van der Waals surface area contributed by atoms with Crippen LogP contribution in [0.15, 0.2) is 18.2 Å². The summed E-state index contributed by atoms with van der Waals surface area (Å²) in [5.41, 5.74) is 3.61. The van der Waals surface area contributed by atoms with Crippen LogP contribution in [0.25, 0.3) is 0 Å². The number of benzene rings is 1. The predicted octanol–water partition coefficient (Wildman–Crippen LogP) is 0.861. The molecular weight excluding hydrogens is 393 g/mol. The van der Waals surface area contributed by atoms with Crippen molar-refractivity contribution in [2.24, 2.45) is 11.7 Å². The zero-order chi connectivity index (χ0) is 21.2. The van der Waals surface area contributed by atoms with Crippen molar-refractivity contribution >= 4 is 29.1 Å². The van der Waals surface area contributed by atoms with E-state index in [9.17, 15) is 27.6 Å². The van der Waals surface area contributed by atoms with Gasteiger partial charge in [-0.15, -0.1) is 0 Å². The molecule has 1 saturated carbocycles. The van der Waals surface area contributed by atoms with Gasteiger partial charge in [0.25, 0.3) is 11.8 Å². The minimum Gasteiger partial charge on any atom is -0.370 e. The van der Waals surface area contributed by atoms with Gasteiger partial charge in [-0.3, -0.25) is 19.7 Å². The highest BCUT2D eigenvalue weighted by molar-refractivity contribution is 6.10. The molecule has 2 aliphatic rings. The van der Waals surface area contributed by atoms with E-state index in [-0.39, 0.29) is 25.4 Å². The molecule has 1 aromatic carbocycles. The van der Waals surface area contributed by atoms with Crippen molar-refractivity contribution in [2.75, 3.05) is 36.5 Å². The van der Waals surface area contributed by atoms with Crippen molar-refractivity contribution in [3.63, 3.8) is 0 Å². The molecule has 1 aliphatic carbocycles. The van der Waals surface area contributed by atoms with E-state index in [4.69, 9.17) is 10.5 Å². The molecular formula is C18H21F3N4O4. The van der Waals surface area contributed by atoms with Crippen LogP contribution >= 0.6 is 0 Å². The van der Waals surface area contributed by atoms with E-state index in [0.29, 0.717) is 12.5 Å². The lowest BCUT2D eigenvalue weighted by atomic mass is 10.1. The maximum Gasteiger partial charge on any atom is 0.418 e. The molecule has 0 radical (unpaired) electrons. The van der Waals surface area contributed by atoms with E-state index in [2.05, 4.69) is 10.6 Å². The maximum absolute atomic E-state index is 13.6. The van der Waals surface area contributed by atoms with E-state index in [1.807, 2.05) is 0 Å². The Morgan fingerprint density at radius 3 is 2.62 bits per heavy atom. The molecule has 1 saturated heterocycles. The number of carbonyl (C=O) groups is 3. The fourth-order valence-corrected chi connectivity index (χ4v) is 2.97. The molecule has 0 spiro atoms. The molecule has 1 heterocycles. The SMILES string of the molecule is NC(=O)[C@@H](NCC1CC1)C(=O)Nc1ccc(N2CCOCC2=O)cc1C(F)(F)F. The summed E-state index contributed by atoms with van der Waals surface area (Å²) in [4.78, 5) is 37.0. The summed E-state index contributed by atoms with van der Waals surface area (Å²) >= 11 is 0. The van der Waals surface area contributed by atoms with E-state index < -0.39 is 41.2 Å². The largest absolute Gasteiger partial charge is 0.418 e. The van der Waals surface area contributed by atoms with Gasteiger partial charge in [0.15, 0.2) is 6.04 Å². The van der Waals surface area contributed by atoms with E-state index in [0.717, 1.165) is 25.0 Å². The Morgan fingerprint density at radius 2 is 2.03 bits per heavy atom. The molecule has 29 heavy (non-hydrogen) atoms. The van der Waals surface area contributed by atoms with Crippen molar-refractivity contribution in [1.82, 2.24) is 5.32 Å². The number of primary amides is 1. The summed E-state index contributed by atoms with van der Waals surface area (Å²) in [5, 5.41) is 4.83. The lowest BCUT2D eigenvalue weighted by molar-refractivity contribution is -0.137. The number of nitrogens with one attached hydrogen (secondary N) is 2. The number of hydrogen-bond acceptors (Lipinski definition) is 5. The van der Waals surface area contributed by atoms with Crippen molar-refractivity contribution in [3.05, 3.63) is 23.8 Å². The molecule has 3 amide bonds. The quantitative estimate of drug-likeness (QED) is 0.573. The normalized spacial score (nSPS) is 18.4. The molecule has 2 fully saturated rings. The second kappa shape index (κ2) is 8.37. The van der Waals surface area contributed by atoms with Crippen LogP contribution in [-0.4, -0.2) is 50.1 Å². The van der Waals surface area contributed by atoms with Crippen LogP contribution in [-0.2, 0) is 25.3 Å². The first-order valence-electron chi connectivity index (χ1n) is 9.09. The number of ether oxygens (including phenoxy) is 1. The van der Waals surface area contributed by atoms with Crippen LogP contribution < -0.4 is 21.3 Å². The van der Waals surface area contributed by atoms with Gasteiger partial charge in [0.2, 0.25) is 5.91 Å². The van der Waals surface area contributed by atoms with Crippen LogP contribution in [0.3, 0.4) is 0 Å². The van der Waals surface area contributed by atoms with E-state index in [1.165, 1.54) is 11.0 Å². The Bertz CT molecular complexity index is 811. The maximum atomic E-state index is 13.6. The third-order valence-corrected chi connectivity index (χ3v) is 4.72. The van der Waals surface area contributed by atoms with Crippen LogP contribution in [0.4, 0.5) is 24.5 Å². The first kappa shape index (κ1) is 21.1. The zero-order valence-corrected chi connectivity index (χ0v) is 15.4. The third-order valence-electron chi connectivity index (χ3n) is 4.72. The fourth-order valence-electron chi connectivity index (χ4n) is 2.97. The lowest BCUT2D eigenvalue weighted by Gasteiger charge is -2.28. The first-order chi connectivity index (χ1) is 13.7. The number of hydrogen-bond donors (Lipinski definition) is 3. The van der Waals surface area contributed by atoms with Gasteiger partial charge < -0.3 is 20.7 Å². The number of morpholine rings is 1. The van der Waals surface area contributed by atoms with Gasteiger partial charge in [0.1, 0.15) is 6.61 Å². The monoisotopic (exact) mass is 414 g/mol. The second-order valence-corrected chi connectivity index (χ2v) is 7.00. The topological polar surface area (TPSA) is 114 Å². The average molecular weight is 414 g/mol. The van der Waals surface area contributed by atoms with Crippen LogP contribution in [0.5, 0.6) is 0 Å². The number of alkyl halides is 3. The molecule has 3 rings (SSSR count). The van der Waals surface area contributed by atoms with E-state index in [1.54, 1.807) is 0 Å². The third kappa shape index (κ3) is 5.24. The molecule has 8 nitrogen and oxygen atoms in total. The molecule has 0 unspecified atom stereocenters. The van der Waals surface area contributed by atoms with Gasteiger partial charge in [-0.2, -0.15) is 13.2 Å². The lowest BCUT2D eigenvalue weighted by Crippen LogP contribution is -2.50. The predicted molar refractivity (Wildman–Crippen MR) is 97.0 cm³/mol. The van der Waals surface area contributed by atoms with Gasteiger partial charge in [0.05, 0.1) is 17.9 Å². The number of nitrogens with two attached hydrogens (primary N) is 1. The van der Waals surface area contributed by atoms with Gasteiger partial charge >= 0.3 is 6.18 Å². The minimum atomic E-state index is -4.79. The Morgan fingerprint density at radius 1 is 1.31 bits per heavy atom. The summed E-state index contributed by atoms with van der Waals surface area (Å²) in [6.45, 7) is 0.493. The second-order valence-electron chi connectivity index (χ2n) is 7.00. The summed E-state index contributed by atoms with van der Waals surface area (Å²) in [6.07, 6.45) is -2.88. The number of amides is 3. The van der Waals surface area contributed by atoms with Gasteiger partial charge in [-0.25, -0.2) is 0 Å². The Labute approximate surface area is 164 Å². The molecule has 11 heteroatoms. The highest BCUT2D eigenvalue weighted by atomic mass is 19.4. The summed E-state index contributed by atoms with van der Waals surface area (Å²) < 4.78 is 45.7. The number of carbonyl (C=O) groups excluding carboxylic acids is 3. The molecule has 1 atom stereocenters. The summed E-state index contributed by atoms with van der Waals surface area (Å²) in [5.74, 6) is -2.08. The van der Waals surface area contributed by atoms with Crippen molar-refractivity contribution in [1.29, 1.82) is 0 Å². The number of rotatable bonds is 7. The molecule has 0 aromatic heterocycles. The molecule has 0 bridgehead atoms. The highest BCUT2D eigenvalue weighted by Crippen LogP contribution is 2.37. The average Bonchev–Trinajstić information content (AvgIpc) is 3.46. The Hall–Kier alpha value is -2.66. The fraction of sp³-hybridized carbons (Fsp3) is 0.500. The van der Waals surface area contributed by atoms with Crippen molar-refractivity contribution in [3.8, 4) is 0 Å². The first-order valence-corrected chi connectivity index (χ1v) is 9.09. The Balaban J connectivity index is 1.82. The zero-order valence-electron chi connectivity index (χ0n) is 15.4. The standard InChI is InChI=1S/C18H21F3N4O4/c19-18(20,21)12-7-11(25-5-6-29-9-14(25)26)3-4-13(12)24-17(28)15(16(22)27)23-8-10-1-2-10/h3-4,7,10,15,23H,1-2,5-6,8-9H2,(H2,22,27)(H,24,28)/t15-/m1/s1. The number of nitrogens with zero attached hydrogens (tertiary/aromatic N) is 1. The van der Waals surface area contributed by atoms with Gasteiger partial charge in [-0.05, 0) is 43.5 Å².